The standard InChI is InChI=1S/C17H23N7OS/c1-2-13(1)16-20-17(26-21-16)24-5-3-22(4-6-24)14-11-15(19-12-18-14)23-7-9-25-10-8-23/h11-13H,1-10H2. The Kier molecular flexibility index (Phi) is 4.33. The average Bonchev–Trinajstić information content (AvgIpc) is 3.46. The molecule has 4 heterocycles. The minimum Gasteiger partial charge on any atom is -0.378 e. The summed E-state index contributed by atoms with van der Waals surface area (Å²) in [6, 6.07) is 2.11. The fourth-order valence-corrected chi connectivity index (χ4v) is 4.26. The number of nitrogens with zero attached hydrogens (tertiary/aromatic N) is 7. The lowest BCUT2D eigenvalue weighted by Crippen LogP contribution is -2.47. The Morgan fingerprint density at radius 1 is 0.885 bits per heavy atom. The van der Waals surface area contributed by atoms with E-state index in [1.165, 1.54) is 12.8 Å². The molecule has 2 aliphatic heterocycles. The topological polar surface area (TPSA) is 70.5 Å². The van der Waals surface area contributed by atoms with Crippen LogP contribution >= 0.6 is 11.5 Å². The normalized spacial score (nSPS) is 21.3. The van der Waals surface area contributed by atoms with Crippen molar-refractivity contribution in [3.63, 3.8) is 0 Å². The highest BCUT2D eigenvalue weighted by atomic mass is 32.1. The third-order valence-corrected chi connectivity index (χ3v) is 6.01. The van der Waals surface area contributed by atoms with Crippen molar-refractivity contribution in [1.82, 2.24) is 19.3 Å². The molecule has 8 nitrogen and oxygen atoms in total. The summed E-state index contributed by atoms with van der Waals surface area (Å²) in [6.07, 6.45) is 4.19. The maximum absolute atomic E-state index is 5.43. The molecule has 2 saturated heterocycles. The van der Waals surface area contributed by atoms with Crippen LogP contribution in [0, 0.1) is 0 Å². The summed E-state index contributed by atoms with van der Waals surface area (Å²) < 4.78 is 9.96. The Morgan fingerprint density at radius 2 is 1.54 bits per heavy atom. The molecule has 0 amide bonds. The van der Waals surface area contributed by atoms with Crippen LogP contribution in [0.25, 0.3) is 0 Å². The number of piperazine rings is 1. The van der Waals surface area contributed by atoms with Gasteiger partial charge in [0.05, 0.1) is 13.2 Å². The predicted molar refractivity (Wildman–Crippen MR) is 101 cm³/mol. The quantitative estimate of drug-likeness (QED) is 0.796. The minimum absolute atomic E-state index is 0.626. The second-order valence-corrected chi connectivity index (χ2v) is 7.75. The molecule has 3 fully saturated rings. The van der Waals surface area contributed by atoms with E-state index in [4.69, 9.17) is 9.72 Å². The van der Waals surface area contributed by atoms with Gasteiger partial charge in [0.1, 0.15) is 23.8 Å². The van der Waals surface area contributed by atoms with Gasteiger partial charge in [0.2, 0.25) is 5.13 Å². The summed E-state index contributed by atoms with van der Waals surface area (Å²) in [5.74, 6) is 3.69. The lowest BCUT2D eigenvalue weighted by Gasteiger charge is -2.35. The molecule has 3 aliphatic rings. The van der Waals surface area contributed by atoms with Crippen LogP contribution in [0.4, 0.5) is 16.8 Å². The second kappa shape index (κ2) is 6.96. The number of ether oxygens (including phenoxy) is 1. The number of rotatable bonds is 4. The lowest BCUT2D eigenvalue weighted by atomic mass is 10.3. The van der Waals surface area contributed by atoms with Crippen LogP contribution < -0.4 is 14.7 Å². The van der Waals surface area contributed by atoms with Gasteiger partial charge < -0.3 is 19.4 Å². The van der Waals surface area contributed by atoms with E-state index in [0.717, 1.165) is 75.1 Å². The molecular weight excluding hydrogens is 350 g/mol. The van der Waals surface area contributed by atoms with Crippen molar-refractivity contribution in [3.05, 3.63) is 18.2 Å². The lowest BCUT2D eigenvalue weighted by molar-refractivity contribution is 0.122. The van der Waals surface area contributed by atoms with Crippen LogP contribution in [0.3, 0.4) is 0 Å². The monoisotopic (exact) mass is 373 g/mol. The van der Waals surface area contributed by atoms with Gasteiger partial charge in [-0.15, -0.1) is 0 Å². The van der Waals surface area contributed by atoms with Crippen LogP contribution in [0.1, 0.15) is 24.6 Å². The SMILES string of the molecule is c1nc(N2CCOCC2)cc(N2CCN(c3nc(C4CC4)ns3)CC2)n1. The third kappa shape index (κ3) is 3.33. The van der Waals surface area contributed by atoms with Gasteiger partial charge >= 0.3 is 0 Å². The van der Waals surface area contributed by atoms with Gasteiger partial charge in [-0.1, -0.05) is 0 Å². The van der Waals surface area contributed by atoms with Crippen molar-refractivity contribution in [1.29, 1.82) is 0 Å². The molecule has 0 bridgehead atoms. The number of hydrogen-bond acceptors (Lipinski definition) is 9. The highest BCUT2D eigenvalue weighted by Gasteiger charge is 2.29. The molecule has 0 atom stereocenters. The molecule has 1 aliphatic carbocycles. The van der Waals surface area contributed by atoms with Crippen molar-refractivity contribution in [2.45, 2.75) is 18.8 Å². The zero-order chi connectivity index (χ0) is 17.3. The van der Waals surface area contributed by atoms with E-state index in [1.807, 2.05) is 0 Å². The molecular formula is C17H23N7OS. The molecule has 0 N–H and O–H groups in total. The smallest absolute Gasteiger partial charge is 0.205 e. The second-order valence-electron chi connectivity index (χ2n) is 7.02. The van der Waals surface area contributed by atoms with Crippen molar-refractivity contribution >= 4 is 28.3 Å². The average molecular weight is 373 g/mol. The maximum atomic E-state index is 5.43. The van der Waals surface area contributed by atoms with Gasteiger partial charge in [-0.05, 0) is 12.8 Å². The first-order valence-corrected chi connectivity index (χ1v) is 10.1. The molecule has 0 spiro atoms. The van der Waals surface area contributed by atoms with Gasteiger partial charge in [0.15, 0.2) is 0 Å². The number of hydrogen-bond donors (Lipinski definition) is 0. The van der Waals surface area contributed by atoms with Crippen LogP contribution in [-0.4, -0.2) is 71.8 Å². The predicted octanol–water partition coefficient (Wildman–Crippen LogP) is 1.37. The summed E-state index contributed by atoms with van der Waals surface area (Å²) in [5, 5.41) is 1.07. The number of aromatic nitrogens is 4. The van der Waals surface area contributed by atoms with Gasteiger partial charge in [-0.3, -0.25) is 0 Å². The molecule has 9 heteroatoms. The van der Waals surface area contributed by atoms with Crippen molar-refractivity contribution < 1.29 is 4.74 Å². The highest BCUT2D eigenvalue weighted by Crippen LogP contribution is 2.39. The first kappa shape index (κ1) is 16.2. The summed E-state index contributed by atoms with van der Waals surface area (Å²) in [7, 11) is 0. The highest BCUT2D eigenvalue weighted by molar-refractivity contribution is 7.09. The summed E-state index contributed by atoms with van der Waals surface area (Å²) in [4.78, 5) is 20.7. The Hall–Kier alpha value is -2.00. The van der Waals surface area contributed by atoms with E-state index in [-0.39, 0.29) is 0 Å². The molecule has 138 valence electrons. The van der Waals surface area contributed by atoms with Gasteiger partial charge in [-0.25, -0.2) is 15.0 Å². The van der Waals surface area contributed by atoms with Gasteiger partial charge in [-0.2, -0.15) is 4.37 Å². The molecule has 0 aromatic carbocycles. The van der Waals surface area contributed by atoms with E-state index in [0.29, 0.717) is 5.92 Å². The largest absolute Gasteiger partial charge is 0.378 e. The third-order valence-electron chi connectivity index (χ3n) is 5.22. The molecule has 5 rings (SSSR count). The minimum atomic E-state index is 0.626. The molecule has 26 heavy (non-hydrogen) atoms. The van der Waals surface area contributed by atoms with E-state index in [2.05, 4.69) is 35.1 Å². The Labute approximate surface area is 157 Å². The Bertz CT molecular complexity index is 751. The van der Waals surface area contributed by atoms with Crippen LogP contribution in [-0.2, 0) is 4.74 Å². The van der Waals surface area contributed by atoms with Crippen LogP contribution in [0.2, 0.25) is 0 Å². The maximum Gasteiger partial charge on any atom is 0.205 e. The summed E-state index contributed by atoms with van der Waals surface area (Å²) >= 11 is 1.54. The fourth-order valence-electron chi connectivity index (χ4n) is 3.46. The first-order valence-electron chi connectivity index (χ1n) is 9.35. The zero-order valence-corrected chi connectivity index (χ0v) is 15.6. The molecule has 0 radical (unpaired) electrons. The van der Waals surface area contributed by atoms with Crippen molar-refractivity contribution in [2.75, 3.05) is 67.2 Å². The van der Waals surface area contributed by atoms with E-state index < -0.39 is 0 Å². The Balaban J connectivity index is 1.23. The first-order chi connectivity index (χ1) is 12.9. The summed E-state index contributed by atoms with van der Waals surface area (Å²) in [5.41, 5.74) is 0. The van der Waals surface area contributed by atoms with Gasteiger partial charge in [0, 0.05) is 62.8 Å². The van der Waals surface area contributed by atoms with E-state index in [9.17, 15) is 0 Å². The fraction of sp³-hybridized carbons (Fsp3) is 0.647. The van der Waals surface area contributed by atoms with E-state index in [1.54, 1.807) is 17.9 Å². The molecule has 0 unspecified atom stereocenters. The molecule has 1 saturated carbocycles. The number of morpholine rings is 1. The Morgan fingerprint density at radius 3 is 2.23 bits per heavy atom. The number of anilines is 3. The zero-order valence-electron chi connectivity index (χ0n) is 14.8. The van der Waals surface area contributed by atoms with E-state index >= 15 is 0 Å². The van der Waals surface area contributed by atoms with Crippen molar-refractivity contribution in [2.24, 2.45) is 0 Å². The van der Waals surface area contributed by atoms with Crippen LogP contribution in [0.5, 0.6) is 0 Å². The molecule has 2 aromatic rings. The molecule has 2 aromatic heterocycles. The van der Waals surface area contributed by atoms with Crippen molar-refractivity contribution in [3.8, 4) is 0 Å². The van der Waals surface area contributed by atoms with Gasteiger partial charge in [0.25, 0.3) is 0 Å². The summed E-state index contributed by atoms with van der Waals surface area (Å²) in [6.45, 7) is 7.11. The van der Waals surface area contributed by atoms with Crippen LogP contribution in [0.15, 0.2) is 12.4 Å².